The lowest BCUT2D eigenvalue weighted by Crippen LogP contribution is -2.34. The average molecular weight is 359 g/mol. The number of imidazole rings is 1. The van der Waals surface area contributed by atoms with Gasteiger partial charge in [-0.25, -0.2) is 4.98 Å². The third-order valence-corrected chi connectivity index (χ3v) is 4.42. The zero-order valence-corrected chi connectivity index (χ0v) is 14.7. The molecule has 1 amide bonds. The van der Waals surface area contributed by atoms with Crippen molar-refractivity contribution in [3.8, 4) is 0 Å². The number of carbonyl (C=O) groups is 1. The summed E-state index contributed by atoms with van der Waals surface area (Å²) in [6.45, 7) is 2.13. The first-order valence-electron chi connectivity index (χ1n) is 8.51. The Morgan fingerprint density at radius 3 is 2.70 bits per heavy atom. The number of hydrogen-bond donors (Lipinski definition) is 1. The molecule has 0 radical (unpaired) electrons. The molecule has 27 heavy (non-hydrogen) atoms. The second-order valence-corrected chi connectivity index (χ2v) is 6.19. The summed E-state index contributed by atoms with van der Waals surface area (Å²) in [5.41, 5.74) is 1.73. The third kappa shape index (κ3) is 3.13. The van der Waals surface area contributed by atoms with Gasteiger partial charge < -0.3 is 14.3 Å². The van der Waals surface area contributed by atoms with E-state index in [1.54, 1.807) is 36.7 Å². The molecule has 0 bridgehead atoms. The number of amides is 1. The summed E-state index contributed by atoms with van der Waals surface area (Å²) in [6, 6.07) is 14.4. The molecule has 0 saturated carbocycles. The highest BCUT2D eigenvalue weighted by Crippen LogP contribution is 2.23. The van der Waals surface area contributed by atoms with E-state index in [4.69, 9.17) is 4.42 Å². The summed E-state index contributed by atoms with van der Waals surface area (Å²) in [5.74, 6) is 0.192. The molecule has 0 fully saturated rings. The summed E-state index contributed by atoms with van der Waals surface area (Å²) in [7, 11) is 0. The van der Waals surface area contributed by atoms with Gasteiger partial charge in [0, 0.05) is 18.1 Å². The van der Waals surface area contributed by atoms with Gasteiger partial charge in [-0.15, -0.1) is 0 Å². The van der Waals surface area contributed by atoms with E-state index in [2.05, 4.69) is 9.97 Å². The molecule has 4 rings (SSSR count). The molecule has 0 unspecified atom stereocenters. The maximum atomic E-state index is 13.3. The van der Waals surface area contributed by atoms with Crippen LogP contribution in [0.15, 0.2) is 76.4 Å². The van der Waals surface area contributed by atoms with E-state index >= 15 is 0 Å². The Labute approximate surface area is 155 Å². The molecule has 2 aromatic heterocycles. The lowest BCUT2D eigenvalue weighted by atomic mass is 10.1. The second kappa shape index (κ2) is 6.92. The van der Waals surface area contributed by atoms with Crippen LogP contribution in [0.2, 0.25) is 0 Å². The number of anilines is 1. The van der Waals surface area contributed by atoms with E-state index in [0.29, 0.717) is 22.5 Å². The van der Waals surface area contributed by atoms with E-state index in [0.717, 1.165) is 5.56 Å². The first-order chi connectivity index (χ1) is 13.1. The lowest BCUT2D eigenvalue weighted by molar-refractivity contribution is 0.0981. The molecule has 0 saturated heterocycles. The van der Waals surface area contributed by atoms with Crippen LogP contribution in [0.1, 0.15) is 21.7 Å². The number of hydrogen-bond acceptors (Lipinski definition) is 4. The highest BCUT2D eigenvalue weighted by atomic mass is 16.3. The number of fused-ring (bicyclic) bond motifs is 1. The largest absolute Gasteiger partial charge is 0.463 e. The minimum atomic E-state index is -0.430. The van der Waals surface area contributed by atoms with Gasteiger partial charge in [-0.2, -0.15) is 0 Å². The fraction of sp³-hybridized carbons (Fsp3) is 0.0952. The summed E-state index contributed by atoms with van der Waals surface area (Å²) < 4.78 is 5.53. The third-order valence-electron chi connectivity index (χ3n) is 4.42. The molecule has 0 aliphatic rings. The van der Waals surface area contributed by atoms with E-state index < -0.39 is 5.91 Å². The molecular formula is C21H17N3O3. The van der Waals surface area contributed by atoms with Gasteiger partial charge in [0.2, 0.25) is 5.43 Å². The standard InChI is InChI=1S/C21H17N3O3/c1-14-6-2-4-8-17(14)24(12-19-22-10-11-23-19)21(26)16-13-27-18-9-5-3-7-15(18)20(16)25/h2-11,13H,12H2,1H3,(H,22,23). The number of nitrogens with one attached hydrogen (secondary N) is 1. The van der Waals surface area contributed by atoms with Gasteiger partial charge in [-0.05, 0) is 30.7 Å². The Hall–Kier alpha value is -3.67. The van der Waals surface area contributed by atoms with Gasteiger partial charge in [0.25, 0.3) is 5.91 Å². The van der Waals surface area contributed by atoms with Crippen LogP contribution >= 0.6 is 0 Å². The highest BCUT2D eigenvalue weighted by molar-refractivity contribution is 6.07. The normalized spacial score (nSPS) is 10.9. The van der Waals surface area contributed by atoms with Crippen LogP contribution in [0.4, 0.5) is 5.69 Å². The Balaban J connectivity index is 1.82. The number of benzene rings is 2. The van der Waals surface area contributed by atoms with Crippen LogP contribution in [-0.4, -0.2) is 15.9 Å². The fourth-order valence-electron chi connectivity index (χ4n) is 3.04. The minimum absolute atomic E-state index is 0.0106. The zero-order chi connectivity index (χ0) is 18.8. The molecule has 4 aromatic rings. The van der Waals surface area contributed by atoms with Crippen molar-refractivity contribution >= 4 is 22.6 Å². The quantitative estimate of drug-likeness (QED) is 0.603. The maximum Gasteiger partial charge on any atom is 0.265 e. The lowest BCUT2D eigenvalue weighted by Gasteiger charge is -2.23. The van der Waals surface area contributed by atoms with E-state index in [-0.39, 0.29) is 17.5 Å². The number of carbonyl (C=O) groups excluding carboxylic acids is 1. The maximum absolute atomic E-state index is 13.3. The number of nitrogens with zero attached hydrogens (tertiary/aromatic N) is 2. The molecule has 0 atom stereocenters. The first-order valence-corrected chi connectivity index (χ1v) is 8.51. The summed E-state index contributed by atoms with van der Waals surface area (Å²) >= 11 is 0. The van der Waals surface area contributed by atoms with Crippen LogP contribution in [0.25, 0.3) is 11.0 Å². The Morgan fingerprint density at radius 1 is 1.15 bits per heavy atom. The van der Waals surface area contributed by atoms with Gasteiger partial charge in [-0.3, -0.25) is 9.59 Å². The van der Waals surface area contributed by atoms with Gasteiger partial charge >= 0.3 is 0 Å². The molecule has 2 aromatic carbocycles. The number of rotatable bonds is 4. The topological polar surface area (TPSA) is 79.2 Å². The van der Waals surface area contributed by atoms with Crippen LogP contribution in [0, 0.1) is 6.92 Å². The van der Waals surface area contributed by atoms with Gasteiger partial charge in [-0.1, -0.05) is 30.3 Å². The van der Waals surface area contributed by atoms with Crippen LogP contribution < -0.4 is 10.3 Å². The predicted molar refractivity (Wildman–Crippen MR) is 103 cm³/mol. The summed E-state index contributed by atoms with van der Waals surface area (Å²) in [4.78, 5) is 34.9. The number of para-hydroxylation sites is 2. The first kappa shape index (κ1) is 16.8. The van der Waals surface area contributed by atoms with Gasteiger partial charge in [0.1, 0.15) is 23.2 Å². The molecule has 0 aliphatic heterocycles. The summed E-state index contributed by atoms with van der Waals surface area (Å²) in [6.07, 6.45) is 4.56. The average Bonchev–Trinajstić information content (AvgIpc) is 3.20. The van der Waals surface area contributed by atoms with Crippen molar-refractivity contribution in [2.24, 2.45) is 0 Å². The molecule has 2 heterocycles. The van der Waals surface area contributed by atoms with Crippen LogP contribution in [0.3, 0.4) is 0 Å². The second-order valence-electron chi connectivity index (χ2n) is 6.19. The van der Waals surface area contributed by atoms with E-state index in [1.807, 2.05) is 31.2 Å². The van der Waals surface area contributed by atoms with E-state index in [1.165, 1.54) is 11.2 Å². The predicted octanol–water partition coefficient (Wildman–Crippen LogP) is 3.67. The van der Waals surface area contributed by atoms with Crippen molar-refractivity contribution in [1.82, 2.24) is 9.97 Å². The molecule has 1 N–H and O–H groups in total. The number of aromatic amines is 1. The number of aryl methyl sites for hydroxylation is 1. The fourth-order valence-corrected chi connectivity index (χ4v) is 3.04. The minimum Gasteiger partial charge on any atom is -0.463 e. The van der Waals surface area contributed by atoms with Gasteiger partial charge in [0.05, 0.1) is 11.9 Å². The van der Waals surface area contributed by atoms with Crippen molar-refractivity contribution in [2.75, 3.05) is 4.90 Å². The van der Waals surface area contributed by atoms with Crippen molar-refractivity contribution in [1.29, 1.82) is 0 Å². The molecular weight excluding hydrogens is 342 g/mol. The Kier molecular flexibility index (Phi) is 4.30. The van der Waals surface area contributed by atoms with Crippen molar-refractivity contribution in [3.63, 3.8) is 0 Å². The molecule has 0 spiro atoms. The molecule has 6 nitrogen and oxygen atoms in total. The molecule has 6 heteroatoms. The zero-order valence-electron chi connectivity index (χ0n) is 14.7. The number of H-pyrrole nitrogens is 1. The monoisotopic (exact) mass is 359 g/mol. The van der Waals surface area contributed by atoms with Crippen molar-refractivity contribution in [2.45, 2.75) is 13.5 Å². The van der Waals surface area contributed by atoms with Crippen LogP contribution in [-0.2, 0) is 6.54 Å². The smallest absolute Gasteiger partial charge is 0.265 e. The van der Waals surface area contributed by atoms with Crippen molar-refractivity contribution in [3.05, 3.63) is 94.4 Å². The summed E-state index contributed by atoms with van der Waals surface area (Å²) in [5, 5.41) is 0.381. The van der Waals surface area contributed by atoms with Gasteiger partial charge in [0.15, 0.2) is 0 Å². The Bertz CT molecular complexity index is 1160. The number of aromatic nitrogens is 2. The Morgan fingerprint density at radius 2 is 1.93 bits per heavy atom. The highest BCUT2D eigenvalue weighted by Gasteiger charge is 2.24. The SMILES string of the molecule is Cc1ccccc1N(Cc1ncc[nH]1)C(=O)c1coc2ccccc2c1=O. The van der Waals surface area contributed by atoms with Crippen LogP contribution in [0.5, 0.6) is 0 Å². The van der Waals surface area contributed by atoms with Crippen molar-refractivity contribution < 1.29 is 9.21 Å². The van der Waals surface area contributed by atoms with E-state index in [9.17, 15) is 9.59 Å². The molecule has 134 valence electrons. The molecule has 0 aliphatic carbocycles.